The molecule has 0 radical (unpaired) electrons. The Bertz CT molecular complexity index is 925. The Morgan fingerprint density at radius 1 is 1.28 bits per heavy atom. The van der Waals surface area contributed by atoms with E-state index in [1.165, 1.54) is 18.5 Å². The largest absolute Gasteiger partial charge is 0.481 e. The van der Waals surface area contributed by atoms with E-state index in [1.807, 2.05) is 4.90 Å². The van der Waals surface area contributed by atoms with Gasteiger partial charge in [-0.1, -0.05) is 5.16 Å². The molecule has 0 saturated carbocycles. The molecule has 0 amide bonds. The number of hydrogen-bond acceptors (Lipinski definition) is 6. The summed E-state index contributed by atoms with van der Waals surface area (Å²) in [4.78, 5) is 21.7. The number of nitrogens with zero attached hydrogens (tertiary/aromatic N) is 4. The van der Waals surface area contributed by atoms with Crippen molar-refractivity contribution in [1.29, 1.82) is 0 Å². The molecule has 4 rings (SSSR count). The molecule has 1 aromatic carbocycles. The van der Waals surface area contributed by atoms with Crippen LogP contribution in [0.5, 0.6) is 0 Å². The van der Waals surface area contributed by atoms with Crippen LogP contribution in [0.2, 0.25) is 0 Å². The first-order valence-electron chi connectivity index (χ1n) is 7.97. The van der Waals surface area contributed by atoms with E-state index in [1.54, 1.807) is 12.1 Å². The average Bonchev–Trinajstić information content (AvgIpc) is 3.06. The molecule has 1 N–H and O–H groups in total. The van der Waals surface area contributed by atoms with Crippen LogP contribution in [-0.4, -0.2) is 39.3 Å². The molecular weight excluding hydrogens is 327 g/mol. The lowest BCUT2D eigenvalue weighted by Gasteiger charge is -2.31. The molecule has 0 spiro atoms. The van der Waals surface area contributed by atoms with Crippen LogP contribution in [-0.2, 0) is 4.79 Å². The van der Waals surface area contributed by atoms with Crippen molar-refractivity contribution in [3.8, 4) is 11.3 Å². The molecule has 1 aliphatic rings. The van der Waals surface area contributed by atoms with Gasteiger partial charge < -0.3 is 14.5 Å². The molecule has 3 aromatic rings. The summed E-state index contributed by atoms with van der Waals surface area (Å²) >= 11 is 0. The van der Waals surface area contributed by atoms with Gasteiger partial charge in [-0.2, -0.15) is 4.98 Å². The second kappa shape index (κ2) is 6.12. The fraction of sp³-hybridized carbons (Fsp3) is 0.294. The molecule has 1 atom stereocenters. The molecule has 1 saturated heterocycles. The van der Waals surface area contributed by atoms with Gasteiger partial charge in [-0.05, 0) is 37.1 Å². The van der Waals surface area contributed by atoms with Gasteiger partial charge in [-0.15, -0.1) is 0 Å². The molecule has 7 nitrogen and oxygen atoms in total. The van der Waals surface area contributed by atoms with Crippen molar-refractivity contribution >= 4 is 22.9 Å². The molecule has 1 aliphatic heterocycles. The predicted octanol–water partition coefficient (Wildman–Crippen LogP) is 2.72. The number of aliphatic carboxylic acids is 1. The highest BCUT2D eigenvalue weighted by Crippen LogP contribution is 2.34. The number of hydrogen-bond donors (Lipinski definition) is 1. The lowest BCUT2D eigenvalue weighted by molar-refractivity contribution is -0.141. The van der Waals surface area contributed by atoms with E-state index in [4.69, 9.17) is 4.52 Å². The van der Waals surface area contributed by atoms with Crippen LogP contribution in [0.3, 0.4) is 0 Å². The highest BCUT2D eigenvalue weighted by Gasteiger charge is 2.29. The average molecular weight is 342 g/mol. The zero-order chi connectivity index (χ0) is 17.4. The van der Waals surface area contributed by atoms with E-state index >= 15 is 0 Å². The van der Waals surface area contributed by atoms with Crippen LogP contribution in [0.25, 0.3) is 22.4 Å². The highest BCUT2D eigenvalue weighted by atomic mass is 19.1. The number of rotatable bonds is 3. The number of anilines is 1. The lowest BCUT2D eigenvalue weighted by Crippen LogP contribution is -2.39. The third-order valence-corrected chi connectivity index (χ3v) is 4.44. The predicted molar refractivity (Wildman–Crippen MR) is 87.6 cm³/mol. The first-order valence-corrected chi connectivity index (χ1v) is 7.97. The molecule has 1 unspecified atom stereocenters. The van der Waals surface area contributed by atoms with Crippen molar-refractivity contribution in [1.82, 2.24) is 15.1 Å². The Labute approximate surface area is 142 Å². The molecule has 2 aromatic heterocycles. The van der Waals surface area contributed by atoms with Gasteiger partial charge in [0.05, 0.1) is 5.92 Å². The zero-order valence-electron chi connectivity index (χ0n) is 13.2. The second-order valence-electron chi connectivity index (χ2n) is 6.04. The van der Waals surface area contributed by atoms with Gasteiger partial charge in [0.25, 0.3) is 5.71 Å². The third-order valence-electron chi connectivity index (χ3n) is 4.44. The molecule has 0 bridgehead atoms. The highest BCUT2D eigenvalue weighted by molar-refractivity contribution is 5.98. The summed E-state index contributed by atoms with van der Waals surface area (Å²) in [6.07, 6.45) is 2.79. The maximum absolute atomic E-state index is 13.2. The van der Waals surface area contributed by atoms with Gasteiger partial charge in [0.1, 0.15) is 29.0 Å². The van der Waals surface area contributed by atoms with Crippen molar-refractivity contribution < 1.29 is 18.8 Å². The van der Waals surface area contributed by atoms with E-state index < -0.39 is 11.9 Å². The number of halogens is 1. The van der Waals surface area contributed by atoms with Gasteiger partial charge in [0.15, 0.2) is 0 Å². The minimum absolute atomic E-state index is 0.321. The molecule has 3 heterocycles. The van der Waals surface area contributed by atoms with Crippen LogP contribution < -0.4 is 4.90 Å². The number of aromatic nitrogens is 3. The van der Waals surface area contributed by atoms with E-state index in [9.17, 15) is 14.3 Å². The number of benzene rings is 1. The Hall–Kier alpha value is -3.03. The maximum atomic E-state index is 13.2. The van der Waals surface area contributed by atoms with Gasteiger partial charge in [-0.3, -0.25) is 4.79 Å². The summed E-state index contributed by atoms with van der Waals surface area (Å²) in [6, 6.07) is 5.92. The minimum atomic E-state index is -0.806. The Balaban J connectivity index is 1.80. The minimum Gasteiger partial charge on any atom is -0.481 e. The second-order valence-corrected chi connectivity index (χ2v) is 6.04. The molecule has 128 valence electrons. The topological polar surface area (TPSA) is 92.3 Å². The normalized spacial score (nSPS) is 17.8. The van der Waals surface area contributed by atoms with Gasteiger partial charge in [-0.25, -0.2) is 9.37 Å². The fourth-order valence-electron chi connectivity index (χ4n) is 3.19. The Morgan fingerprint density at radius 3 is 2.84 bits per heavy atom. The summed E-state index contributed by atoms with van der Waals surface area (Å²) in [5.74, 6) is -0.989. The van der Waals surface area contributed by atoms with Gasteiger partial charge >= 0.3 is 5.97 Å². The fourth-order valence-corrected chi connectivity index (χ4v) is 3.19. The van der Waals surface area contributed by atoms with Gasteiger partial charge in [0.2, 0.25) is 0 Å². The van der Waals surface area contributed by atoms with Crippen molar-refractivity contribution in [3.63, 3.8) is 0 Å². The van der Waals surface area contributed by atoms with Crippen LogP contribution in [0.1, 0.15) is 12.8 Å². The van der Waals surface area contributed by atoms with Crippen molar-refractivity contribution in [2.45, 2.75) is 12.8 Å². The molecular formula is C17H15FN4O3. The zero-order valence-corrected chi connectivity index (χ0v) is 13.2. The molecule has 0 aliphatic carbocycles. The number of fused-ring (bicyclic) bond motifs is 1. The van der Waals surface area contributed by atoms with Crippen LogP contribution in [0.15, 0.2) is 35.1 Å². The molecule has 1 fully saturated rings. The number of carboxylic acids is 1. The van der Waals surface area contributed by atoms with E-state index in [0.29, 0.717) is 47.7 Å². The maximum Gasteiger partial charge on any atom is 0.308 e. The van der Waals surface area contributed by atoms with Crippen molar-refractivity contribution in [2.24, 2.45) is 5.92 Å². The first kappa shape index (κ1) is 15.5. The molecule has 25 heavy (non-hydrogen) atoms. The first-order chi connectivity index (χ1) is 12.1. The Kier molecular flexibility index (Phi) is 3.79. The van der Waals surface area contributed by atoms with E-state index in [2.05, 4.69) is 15.1 Å². The summed E-state index contributed by atoms with van der Waals surface area (Å²) in [6.45, 7) is 1.07. The summed E-state index contributed by atoms with van der Waals surface area (Å²) in [5, 5.41) is 14.0. The smallest absolute Gasteiger partial charge is 0.308 e. The third kappa shape index (κ3) is 2.79. The van der Waals surface area contributed by atoms with Crippen LogP contribution in [0.4, 0.5) is 10.2 Å². The number of carbonyl (C=O) groups is 1. The lowest BCUT2D eigenvalue weighted by atomic mass is 9.98. The van der Waals surface area contributed by atoms with Crippen LogP contribution >= 0.6 is 0 Å². The van der Waals surface area contributed by atoms with E-state index in [-0.39, 0.29) is 5.82 Å². The summed E-state index contributed by atoms with van der Waals surface area (Å²) in [7, 11) is 0. The summed E-state index contributed by atoms with van der Waals surface area (Å²) < 4.78 is 18.5. The standard InChI is InChI=1S/C17H15FN4O3/c18-12-5-3-10(4-6-12)14-13-15(19-9-20-16(13)25-21-14)22-7-1-2-11(8-22)17(23)24/h3-6,9,11H,1-2,7-8H2,(H,23,24). The monoisotopic (exact) mass is 342 g/mol. The SMILES string of the molecule is O=C(O)C1CCCN(c2ncnc3onc(-c4ccc(F)cc4)c23)C1. The van der Waals surface area contributed by atoms with Crippen LogP contribution in [0, 0.1) is 11.7 Å². The molecule has 8 heteroatoms. The number of piperidine rings is 1. The Morgan fingerprint density at radius 2 is 2.08 bits per heavy atom. The quantitative estimate of drug-likeness (QED) is 0.782. The van der Waals surface area contributed by atoms with Gasteiger partial charge in [0, 0.05) is 18.7 Å². The number of carboxylic acid groups (broad SMARTS) is 1. The summed E-state index contributed by atoms with van der Waals surface area (Å²) in [5.41, 5.74) is 1.52. The van der Waals surface area contributed by atoms with E-state index in [0.717, 1.165) is 6.42 Å². The van der Waals surface area contributed by atoms with Crippen molar-refractivity contribution in [3.05, 3.63) is 36.4 Å². The van der Waals surface area contributed by atoms with Crippen molar-refractivity contribution in [2.75, 3.05) is 18.0 Å².